The topological polar surface area (TPSA) is 78.5 Å². The van der Waals surface area contributed by atoms with Crippen molar-refractivity contribution in [3.05, 3.63) is 95.6 Å². The maximum Gasteiger partial charge on any atom is 0.256 e. The van der Waals surface area contributed by atoms with Crippen molar-refractivity contribution in [1.82, 2.24) is 4.90 Å². The van der Waals surface area contributed by atoms with Gasteiger partial charge in [0.2, 0.25) is 5.91 Å². The number of carbonyl (C=O) groups excluding carboxylic acids is 3. The van der Waals surface area contributed by atoms with Crippen molar-refractivity contribution in [3.63, 3.8) is 0 Å². The van der Waals surface area contributed by atoms with Crippen LogP contribution in [-0.4, -0.2) is 43.1 Å². The summed E-state index contributed by atoms with van der Waals surface area (Å²) in [6.07, 6.45) is 0. The molecule has 0 spiro atoms. The Morgan fingerprint density at radius 3 is 1.83 bits per heavy atom. The maximum absolute atomic E-state index is 12.8. The van der Waals surface area contributed by atoms with Crippen LogP contribution in [0.25, 0.3) is 0 Å². The van der Waals surface area contributed by atoms with E-state index in [-0.39, 0.29) is 24.1 Å². The minimum atomic E-state index is -0.376. The molecule has 30 heavy (non-hydrogen) atoms. The zero-order valence-electron chi connectivity index (χ0n) is 16.9. The van der Waals surface area contributed by atoms with Gasteiger partial charge in [0, 0.05) is 22.5 Å². The highest BCUT2D eigenvalue weighted by Gasteiger charge is 2.18. The number of hydrogen-bond donors (Lipinski definition) is 2. The van der Waals surface area contributed by atoms with E-state index in [2.05, 4.69) is 10.6 Å². The Bertz CT molecular complexity index is 1040. The first-order chi connectivity index (χ1) is 14.4. The number of nitrogens with one attached hydrogen (secondary N) is 2. The van der Waals surface area contributed by atoms with Gasteiger partial charge in [0.05, 0.1) is 12.1 Å². The molecule has 0 heterocycles. The molecular weight excluding hydrogens is 378 g/mol. The first-order valence-electron chi connectivity index (χ1n) is 9.49. The summed E-state index contributed by atoms with van der Waals surface area (Å²) in [6, 6.07) is 22.4. The van der Waals surface area contributed by atoms with Crippen LogP contribution < -0.4 is 10.6 Å². The Kier molecular flexibility index (Phi) is 6.72. The van der Waals surface area contributed by atoms with Crippen molar-refractivity contribution in [2.45, 2.75) is 0 Å². The Labute approximate surface area is 175 Å². The van der Waals surface area contributed by atoms with Gasteiger partial charge in [-0.15, -0.1) is 0 Å². The molecule has 0 bridgehead atoms. The van der Waals surface area contributed by atoms with Crippen LogP contribution in [0, 0.1) is 0 Å². The molecule has 0 saturated carbocycles. The van der Waals surface area contributed by atoms with E-state index in [0.717, 1.165) is 0 Å². The Morgan fingerprint density at radius 2 is 1.23 bits per heavy atom. The van der Waals surface area contributed by atoms with Crippen LogP contribution in [-0.2, 0) is 4.79 Å². The van der Waals surface area contributed by atoms with E-state index in [1.165, 1.54) is 0 Å². The summed E-state index contributed by atoms with van der Waals surface area (Å²) in [5, 5.41) is 5.60. The summed E-state index contributed by atoms with van der Waals surface area (Å²) in [6.45, 7) is 0.282. The molecule has 0 aromatic heterocycles. The van der Waals surface area contributed by atoms with E-state index in [9.17, 15) is 14.4 Å². The number of carbonyl (C=O) groups is 3. The number of ketones is 1. The molecule has 2 N–H and O–H groups in total. The summed E-state index contributed by atoms with van der Waals surface area (Å²) in [7, 11) is 3.64. The molecule has 0 saturated heterocycles. The van der Waals surface area contributed by atoms with E-state index in [0.29, 0.717) is 28.1 Å². The number of hydrogen-bond acceptors (Lipinski definition) is 4. The second-order valence-electron chi connectivity index (χ2n) is 7.06. The monoisotopic (exact) mass is 401 g/mol. The number of amides is 2. The molecule has 0 aliphatic heterocycles. The van der Waals surface area contributed by atoms with Gasteiger partial charge in [0.15, 0.2) is 5.78 Å². The third-order valence-electron chi connectivity index (χ3n) is 4.34. The number of likely N-dealkylation sites (N-methyl/N-ethyl adjacent to an activating group) is 1. The molecule has 152 valence electrons. The van der Waals surface area contributed by atoms with Crippen LogP contribution in [0.2, 0.25) is 0 Å². The molecule has 6 nitrogen and oxygen atoms in total. The van der Waals surface area contributed by atoms with Crippen LogP contribution in [0.3, 0.4) is 0 Å². The molecule has 0 aliphatic rings. The van der Waals surface area contributed by atoms with E-state index >= 15 is 0 Å². The van der Waals surface area contributed by atoms with Crippen molar-refractivity contribution < 1.29 is 14.4 Å². The molecule has 3 aromatic carbocycles. The SMILES string of the molecule is CN(C)CC(=O)Nc1ccc(NC(=O)c2ccccc2C(=O)c2ccccc2)cc1. The minimum absolute atomic E-state index is 0.120. The molecule has 0 unspecified atom stereocenters. The maximum atomic E-state index is 12.8. The molecule has 0 aliphatic carbocycles. The third-order valence-corrected chi connectivity index (χ3v) is 4.34. The fourth-order valence-electron chi connectivity index (χ4n) is 2.95. The Balaban J connectivity index is 1.72. The van der Waals surface area contributed by atoms with Gasteiger partial charge in [-0.1, -0.05) is 48.5 Å². The lowest BCUT2D eigenvalue weighted by Gasteiger charge is -2.12. The smallest absolute Gasteiger partial charge is 0.256 e. The number of rotatable bonds is 7. The summed E-state index contributed by atoms with van der Waals surface area (Å²) >= 11 is 0. The molecule has 3 rings (SSSR count). The van der Waals surface area contributed by atoms with Crippen LogP contribution in [0.15, 0.2) is 78.9 Å². The van der Waals surface area contributed by atoms with Crippen LogP contribution in [0.1, 0.15) is 26.3 Å². The standard InChI is InChI=1S/C24H23N3O3/c1-27(2)16-22(28)25-18-12-14-19(15-13-18)26-24(30)21-11-7-6-10-20(21)23(29)17-8-4-3-5-9-17/h3-15H,16H2,1-2H3,(H,25,28)(H,26,30). The van der Waals surface area contributed by atoms with Crippen molar-refractivity contribution in [2.75, 3.05) is 31.3 Å². The molecule has 0 radical (unpaired) electrons. The Morgan fingerprint density at radius 1 is 0.700 bits per heavy atom. The molecule has 2 amide bonds. The van der Waals surface area contributed by atoms with Gasteiger partial charge >= 0.3 is 0 Å². The van der Waals surface area contributed by atoms with Crippen molar-refractivity contribution in [1.29, 1.82) is 0 Å². The Hall–Kier alpha value is -3.77. The zero-order chi connectivity index (χ0) is 21.5. The lowest BCUT2D eigenvalue weighted by Crippen LogP contribution is -2.27. The lowest BCUT2D eigenvalue weighted by atomic mass is 9.98. The van der Waals surface area contributed by atoms with Crippen LogP contribution >= 0.6 is 0 Å². The zero-order valence-corrected chi connectivity index (χ0v) is 16.9. The van der Waals surface area contributed by atoms with Crippen molar-refractivity contribution in [2.24, 2.45) is 0 Å². The normalized spacial score (nSPS) is 10.5. The van der Waals surface area contributed by atoms with Gasteiger partial charge in [0.1, 0.15) is 0 Å². The quantitative estimate of drug-likeness (QED) is 0.592. The largest absolute Gasteiger partial charge is 0.325 e. The van der Waals surface area contributed by atoms with Gasteiger partial charge < -0.3 is 15.5 Å². The molecule has 0 fully saturated rings. The molecule has 3 aromatic rings. The van der Waals surface area contributed by atoms with Crippen molar-refractivity contribution >= 4 is 29.0 Å². The van der Waals surface area contributed by atoms with E-state index in [1.54, 1.807) is 77.7 Å². The second kappa shape index (κ2) is 9.62. The van der Waals surface area contributed by atoms with Gasteiger partial charge in [0.25, 0.3) is 5.91 Å². The number of benzene rings is 3. The summed E-state index contributed by atoms with van der Waals surface area (Å²) in [5.74, 6) is -0.704. The summed E-state index contributed by atoms with van der Waals surface area (Å²) in [5.41, 5.74) is 2.37. The van der Waals surface area contributed by atoms with Gasteiger partial charge in [-0.05, 0) is 44.4 Å². The first kappa shape index (κ1) is 21.0. The molecular formula is C24H23N3O3. The van der Waals surface area contributed by atoms with Crippen LogP contribution in [0.4, 0.5) is 11.4 Å². The van der Waals surface area contributed by atoms with Gasteiger partial charge in [-0.2, -0.15) is 0 Å². The molecule has 6 heteroatoms. The summed E-state index contributed by atoms with van der Waals surface area (Å²) in [4.78, 5) is 39.3. The van der Waals surface area contributed by atoms with E-state index < -0.39 is 0 Å². The fraction of sp³-hybridized carbons (Fsp3) is 0.125. The predicted octanol–water partition coefficient (Wildman–Crippen LogP) is 3.67. The number of anilines is 2. The number of nitrogens with zero attached hydrogens (tertiary/aromatic N) is 1. The third kappa shape index (κ3) is 5.40. The minimum Gasteiger partial charge on any atom is -0.325 e. The highest BCUT2D eigenvalue weighted by atomic mass is 16.2. The average molecular weight is 401 g/mol. The van der Waals surface area contributed by atoms with Crippen molar-refractivity contribution in [3.8, 4) is 0 Å². The van der Waals surface area contributed by atoms with Gasteiger partial charge in [-0.3, -0.25) is 14.4 Å². The molecule has 0 atom stereocenters. The summed E-state index contributed by atoms with van der Waals surface area (Å²) < 4.78 is 0. The van der Waals surface area contributed by atoms with Gasteiger partial charge in [-0.25, -0.2) is 0 Å². The lowest BCUT2D eigenvalue weighted by molar-refractivity contribution is -0.116. The highest BCUT2D eigenvalue weighted by molar-refractivity contribution is 6.17. The van der Waals surface area contributed by atoms with E-state index in [1.807, 2.05) is 20.2 Å². The highest BCUT2D eigenvalue weighted by Crippen LogP contribution is 2.18. The van der Waals surface area contributed by atoms with Crippen LogP contribution in [0.5, 0.6) is 0 Å². The second-order valence-corrected chi connectivity index (χ2v) is 7.06. The fourth-order valence-corrected chi connectivity index (χ4v) is 2.95. The average Bonchev–Trinajstić information content (AvgIpc) is 2.74. The predicted molar refractivity (Wildman–Crippen MR) is 118 cm³/mol. The van der Waals surface area contributed by atoms with E-state index in [4.69, 9.17) is 0 Å². The first-order valence-corrected chi connectivity index (χ1v) is 9.49.